The van der Waals surface area contributed by atoms with E-state index in [0.29, 0.717) is 11.3 Å². The molecule has 2 heterocycles. The van der Waals surface area contributed by atoms with Crippen molar-refractivity contribution >= 4 is 5.91 Å². The van der Waals surface area contributed by atoms with Crippen LogP contribution in [0.15, 0.2) is 18.3 Å². The highest BCUT2D eigenvalue weighted by Gasteiger charge is 2.26. The largest absolute Gasteiger partial charge is 0.384 e. The third-order valence-corrected chi connectivity index (χ3v) is 3.38. The molecule has 1 saturated heterocycles. The average Bonchev–Trinajstić information content (AvgIpc) is 2.45. The molecule has 1 fully saturated rings. The normalized spacial score (nSPS) is 18.6. The standard InChI is InChI=1S/C15H18N2O2/c1-12-6-2-3-10-17(12)15(19)14-13(8-5-11-18)7-4-9-16-14/h4,7,9,12,18H,2-3,6,10-11H2,1H3. The summed E-state index contributed by atoms with van der Waals surface area (Å²) in [5.41, 5.74) is 0.969. The van der Waals surface area contributed by atoms with Crippen LogP contribution in [0.25, 0.3) is 0 Å². The Kier molecular flexibility index (Phi) is 4.53. The summed E-state index contributed by atoms with van der Waals surface area (Å²) in [6.45, 7) is 2.63. The SMILES string of the molecule is CC1CCCCN1C(=O)c1ncccc1C#CCO. The number of hydrogen-bond acceptors (Lipinski definition) is 3. The third-order valence-electron chi connectivity index (χ3n) is 3.38. The number of rotatable bonds is 1. The van der Waals surface area contributed by atoms with Crippen molar-refractivity contribution in [3.8, 4) is 11.8 Å². The van der Waals surface area contributed by atoms with Crippen molar-refractivity contribution in [2.75, 3.05) is 13.2 Å². The van der Waals surface area contributed by atoms with Crippen LogP contribution in [-0.2, 0) is 0 Å². The maximum atomic E-state index is 12.5. The Bertz CT molecular complexity index is 516. The second-order valence-electron chi connectivity index (χ2n) is 4.70. The minimum absolute atomic E-state index is 0.0601. The first-order valence-corrected chi connectivity index (χ1v) is 6.59. The number of nitrogens with zero attached hydrogens (tertiary/aromatic N) is 2. The predicted octanol–water partition coefficient (Wildman–Crippen LogP) is 1.44. The molecule has 0 aliphatic carbocycles. The van der Waals surface area contributed by atoms with Crippen LogP contribution in [0.4, 0.5) is 0 Å². The Labute approximate surface area is 113 Å². The van der Waals surface area contributed by atoms with Gasteiger partial charge in [0.15, 0.2) is 0 Å². The molecule has 0 radical (unpaired) electrons. The van der Waals surface area contributed by atoms with Gasteiger partial charge in [-0.2, -0.15) is 0 Å². The van der Waals surface area contributed by atoms with Crippen LogP contribution in [0.1, 0.15) is 42.2 Å². The van der Waals surface area contributed by atoms with Crippen molar-refractivity contribution in [3.63, 3.8) is 0 Å². The van der Waals surface area contributed by atoms with E-state index in [-0.39, 0.29) is 18.6 Å². The van der Waals surface area contributed by atoms with E-state index in [4.69, 9.17) is 5.11 Å². The van der Waals surface area contributed by atoms with Crippen molar-refractivity contribution in [1.82, 2.24) is 9.88 Å². The summed E-state index contributed by atoms with van der Waals surface area (Å²) >= 11 is 0. The van der Waals surface area contributed by atoms with Crippen molar-refractivity contribution in [3.05, 3.63) is 29.6 Å². The fourth-order valence-electron chi connectivity index (χ4n) is 2.35. The molecule has 0 aromatic carbocycles. The highest BCUT2D eigenvalue weighted by atomic mass is 16.2. The lowest BCUT2D eigenvalue weighted by molar-refractivity contribution is 0.0629. The summed E-state index contributed by atoms with van der Waals surface area (Å²) in [5, 5.41) is 8.76. The zero-order chi connectivity index (χ0) is 13.7. The Hall–Kier alpha value is -1.86. The summed E-state index contributed by atoms with van der Waals surface area (Å²) in [5.74, 6) is 5.30. The molecule has 1 aromatic rings. The number of aliphatic hydroxyl groups is 1. The van der Waals surface area contributed by atoms with Gasteiger partial charge in [-0.05, 0) is 38.3 Å². The van der Waals surface area contributed by atoms with Crippen LogP contribution in [0.5, 0.6) is 0 Å². The van der Waals surface area contributed by atoms with Gasteiger partial charge in [0.25, 0.3) is 5.91 Å². The van der Waals surface area contributed by atoms with Gasteiger partial charge in [0.1, 0.15) is 12.3 Å². The summed E-state index contributed by atoms with van der Waals surface area (Å²) < 4.78 is 0. The average molecular weight is 258 g/mol. The van der Waals surface area contributed by atoms with Gasteiger partial charge in [-0.25, -0.2) is 4.98 Å². The quantitative estimate of drug-likeness (QED) is 0.775. The van der Waals surface area contributed by atoms with Gasteiger partial charge in [-0.1, -0.05) is 11.8 Å². The summed E-state index contributed by atoms with van der Waals surface area (Å²) in [4.78, 5) is 18.6. The van der Waals surface area contributed by atoms with Gasteiger partial charge in [0, 0.05) is 18.8 Å². The molecular formula is C15H18N2O2. The molecule has 2 rings (SSSR count). The maximum Gasteiger partial charge on any atom is 0.273 e. The molecule has 0 spiro atoms. The molecule has 4 nitrogen and oxygen atoms in total. The highest BCUT2D eigenvalue weighted by molar-refractivity contribution is 5.95. The van der Waals surface area contributed by atoms with Crippen molar-refractivity contribution in [1.29, 1.82) is 0 Å². The third kappa shape index (κ3) is 3.12. The fraction of sp³-hybridized carbons (Fsp3) is 0.467. The predicted molar refractivity (Wildman–Crippen MR) is 72.6 cm³/mol. The van der Waals surface area contributed by atoms with E-state index in [9.17, 15) is 4.79 Å². The van der Waals surface area contributed by atoms with Gasteiger partial charge >= 0.3 is 0 Å². The lowest BCUT2D eigenvalue weighted by atomic mass is 10.0. The van der Waals surface area contributed by atoms with Crippen LogP contribution in [0, 0.1) is 11.8 Å². The molecule has 0 saturated carbocycles. The molecule has 1 atom stereocenters. The number of amides is 1. The number of pyridine rings is 1. The molecule has 19 heavy (non-hydrogen) atoms. The molecule has 1 N–H and O–H groups in total. The minimum atomic E-state index is -0.220. The van der Waals surface area contributed by atoms with Gasteiger partial charge in [0.05, 0.1) is 5.56 Å². The first-order chi connectivity index (χ1) is 9.24. The summed E-state index contributed by atoms with van der Waals surface area (Å²) in [6.07, 6.45) is 4.85. The molecule has 0 bridgehead atoms. The van der Waals surface area contributed by atoms with Crippen LogP contribution in [0.2, 0.25) is 0 Å². The summed E-state index contributed by atoms with van der Waals surface area (Å²) in [6, 6.07) is 3.76. The zero-order valence-electron chi connectivity index (χ0n) is 11.1. The lowest BCUT2D eigenvalue weighted by Crippen LogP contribution is -2.42. The van der Waals surface area contributed by atoms with E-state index in [1.54, 1.807) is 18.3 Å². The van der Waals surface area contributed by atoms with Gasteiger partial charge < -0.3 is 10.0 Å². The zero-order valence-corrected chi connectivity index (χ0v) is 11.1. The number of aliphatic hydroxyl groups excluding tert-OH is 1. The molecule has 4 heteroatoms. The molecule has 1 unspecified atom stereocenters. The molecule has 1 aromatic heterocycles. The number of carbonyl (C=O) groups is 1. The molecular weight excluding hydrogens is 240 g/mol. The monoisotopic (exact) mass is 258 g/mol. The van der Waals surface area contributed by atoms with Crippen LogP contribution in [-0.4, -0.2) is 40.1 Å². The van der Waals surface area contributed by atoms with Crippen LogP contribution < -0.4 is 0 Å². The van der Waals surface area contributed by atoms with Crippen molar-refractivity contribution in [2.45, 2.75) is 32.2 Å². The number of piperidine rings is 1. The first kappa shape index (κ1) is 13.6. The topological polar surface area (TPSA) is 53.4 Å². The molecule has 1 amide bonds. The second-order valence-corrected chi connectivity index (χ2v) is 4.70. The van der Waals surface area contributed by atoms with Gasteiger partial charge in [-0.3, -0.25) is 4.79 Å². The Morgan fingerprint density at radius 2 is 2.42 bits per heavy atom. The maximum absolute atomic E-state index is 12.5. The number of likely N-dealkylation sites (tertiary alicyclic amines) is 1. The second kappa shape index (κ2) is 6.35. The van der Waals surface area contributed by atoms with Crippen LogP contribution >= 0.6 is 0 Å². The van der Waals surface area contributed by atoms with Crippen molar-refractivity contribution in [2.24, 2.45) is 0 Å². The Morgan fingerprint density at radius 1 is 1.58 bits per heavy atom. The van der Waals surface area contributed by atoms with Crippen LogP contribution in [0.3, 0.4) is 0 Å². The summed E-state index contributed by atoms with van der Waals surface area (Å²) in [7, 11) is 0. The van der Waals surface area contributed by atoms with E-state index in [2.05, 4.69) is 23.7 Å². The molecule has 1 aliphatic heterocycles. The van der Waals surface area contributed by atoms with E-state index in [0.717, 1.165) is 19.4 Å². The fourth-order valence-corrected chi connectivity index (χ4v) is 2.35. The number of aromatic nitrogens is 1. The van der Waals surface area contributed by atoms with E-state index < -0.39 is 0 Å². The van der Waals surface area contributed by atoms with Gasteiger partial charge in [-0.15, -0.1) is 0 Å². The number of hydrogen-bond donors (Lipinski definition) is 1. The smallest absolute Gasteiger partial charge is 0.273 e. The Morgan fingerprint density at radius 3 is 3.16 bits per heavy atom. The minimum Gasteiger partial charge on any atom is -0.384 e. The molecule has 1 aliphatic rings. The number of carbonyl (C=O) groups excluding carboxylic acids is 1. The van der Waals surface area contributed by atoms with E-state index >= 15 is 0 Å². The lowest BCUT2D eigenvalue weighted by Gasteiger charge is -2.33. The first-order valence-electron chi connectivity index (χ1n) is 6.59. The molecule has 100 valence electrons. The van der Waals surface area contributed by atoms with E-state index in [1.807, 2.05) is 4.90 Å². The van der Waals surface area contributed by atoms with E-state index in [1.165, 1.54) is 6.42 Å². The highest BCUT2D eigenvalue weighted by Crippen LogP contribution is 2.19. The Balaban J connectivity index is 2.27. The van der Waals surface area contributed by atoms with Crippen molar-refractivity contribution < 1.29 is 9.90 Å². The van der Waals surface area contributed by atoms with Gasteiger partial charge in [0.2, 0.25) is 0 Å².